The molecule has 0 fully saturated rings. The topological polar surface area (TPSA) is 29.3 Å². The van der Waals surface area contributed by atoms with Crippen LogP contribution in [0.1, 0.15) is 0 Å². The SMILES string of the molecule is C#CCN(C)c1cc(F)c(Br)cc1N. The lowest BCUT2D eigenvalue weighted by Gasteiger charge is -2.18. The van der Waals surface area contributed by atoms with Crippen LogP contribution in [0.4, 0.5) is 15.8 Å². The van der Waals surface area contributed by atoms with Gasteiger partial charge in [-0.2, -0.15) is 0 Å². The molecule has 1 rings (SSSR count). The van der Waals surface area contributed by atoms with Crippen LogP contribution in [0.2, 0.25) is 0 Å². The molecule has 0 bridgehead atoms. The van der Waals surface area contributed by atoms with Crippen molar-refractivity contribution in [1.29, 1.82) is 0 Å². The van der Waals surface area contributed by atoms with E-state index in [1.807, 2.05) is 0 Å². The number of hydrogen-bond donors (Lipinski definition) is 1. The summed E-state index contributed by atoms with van der Waals surface area (Å²) in [6.07, 6.45) is 5.15. The Morgan fingerprint density at radius 3 is 2.86 bits per heavy atom. The fourth-order valence-electron chi connectivity index (χ4n) is 1.10. The van der Waals surface area contributed by atoms with E-state index in [9.17, 15) is 4.39 Å². The van der Waals surface area contributed by atoms with Gasteiger partial charge in [0.05, 0.1) is 22.4 Å². The molecule has 0 aliphatic carbocycles. The molecule has 0 aliphatic rings. The molecule has 0 spiro atoms. The van der Waals surface area contributed by atoms with Crippen molar-refractivity contribution >= 4 is 27.3 Å². The summed E-state index contributed by atoms with van der Waals surface area (Å²) in [5.41, 5.74) is 6.81. The van der Waals surface area contributed by atoms with E-state index in [0.29, 0.717) is 22.4 Å². The molecule has 0 unspecified atom stereocenters. The smallest absolute Gasteiger partial charge is 0.139 e. The van der Waals surface area contributed by atoms with Gasteiger partial charge in [-0.25, -0.2) is 4.39 Å². The third-order valence-electron chi connectivity index (χ3n) is 1.81. The van der Waals surface area contributed by atoms with E-state index in [-0.39, 0.29) is 5.82 Å². The molecule has 0 radical (unpaired) electrons. The molecule has 0 aliphatic heterocycles. The van der Waals surface area contributed by atoms with Crippen LogP contribution in [-0.2, 0) is 0 Å². The summed E-state index contributed by atoms with van der Waals surface area (Å²) < 4.78 is 13.5. The standard InChI is InChI=1S/C10H10BrFN2/c1-3-4-14(2)10-6-8(12)7(11)5-9(10)13/h1,5-6H,4,13H2,2H3. The third-order valence-corrected chi connectivity index (χ3v) is 2.42. The second-order valence-electron chi connectivity index (χ2n) is 2.89. The molecule has 1 aromatic rings. The van der Waals surface area contributed by atoms with Crippen LogP contribution in [0.5, 0.6) is 0 Å². The molecule has 0 aromatic heterocycles. The first kappa shape index (κ1) is 10.9. The number of hydrogen-bond acceptors (Lipinski definition) is 2. The lowest BCUT2D eigenvalue weighted by Crippen LogP contribution is -2.18. The zero-order valence-corrected chi connectivity index (χ0v) is 9.31. The van der Waals surface area contributed by atoms with Gasteiger partial charge in [-0.05, 0) is 22.0 Å². The Kier molecular flexibility index (Phi) is 3.37. The van der Waals surface area contributed by atoms with E-state index in [1.165, 1.54) is 12.1 Å². The van der Waals surface area contributed by atoms with Crippen molar-refractivity contribution < 1.29 is 4.39 Å². The highest BCUT2D eigenvalue weighted by molar-refractivity contribution is 9.10. The van der Waals surface area contributed by atoms with Crippen LogP contribution >= 0.6 is 15.9 Å². The normalized spacial score (nSPS) is 9.57. The minimum Gasteiger partial charge on any atom is -0.397 e. The van der Waals surface area contributed by atoms with Crippen molar-refractivity contribution in [2.45, 2.75) is 0 Å². The van der Waals surface area contributed by atoms with E-state index in [4.69, 9.17) is 12.2 Å². The minimum absolute atomic E-state index is 0.349. The Hall–Kier alpha value is -1.21. The van der Waals surface area contributed by atoms with Crippen molar-refractivity contribution in [3.05, 3.63) is 22.4 Å². The van der Waals surface area contributed by atoms with Crippen molar-refractivity contribution in [2.24, 2.45) is 0 Å². The Morgan fingerprint density at radius 1 is 1.64 bits per heavy atom. The van der Waals surface area contributed by atoms with Gasteiger partial charge in [-0.1, -0.05) is 5.92 Å². The lowest BCUT2D eigenvalue weighted by atomic mass is 10.2. The molecule has 4 heteroatoms. The molecule has 74 valence electrons. The Balaban J connectivity index is 3.10. The summed E-state index contributed by atoms with van der Waals surface area (Å²) in [5.74, 6) is 2.11. The van der Waals surface area contributed by atoms with Crippen LogP contribution < -0.4 is 10.6 Å². The summed E-state index contributed by atoms with van der Waals surface area (Å²) in [5, 5.41) is 0. The van der Waals surface area contributed by atoms with E-state index in [1.54, 1.807) is 11.9 Å². The predicted octanol–water partition coefficient (Wildman–Crippen LogP) is 2.24. The van der Waals surface area contributed by atoms with Gasteiger partial charge in [-0.15, -0.1) is 6.42 Å². The van der Waals surface area contributed by atoms with Crippen molar-refractivity contribution in [2.75, 3.05) is 24.2 Å². The summed E-state index contributed by atoms with van der Waals surface area (Å²) in [6.45, 7) is 0.394. The van der Waals surface area contributed by atoms with Gasteiger partial charge in [0.2, 0.25) is 0 Å². The van der Waals surface area contributed by atoms with Crippen LogP contribution in [0.15, 0.2) is 16.6 Å². The van der Waals surface area contributed by atoms with Crippen molar-refractivity contribution in [1.82, 2.24) is 0 Å². The predicted molar refractivity (Wildman–Crippen MR) is 60.6 cm³/mol. The quantitative estimate of drug-likeness (QED) is 0.650. The fraction of sp³-hybridized carbons (Fsp3) is 0.200. The Bertz CT molecular complexity index is 384. The molecule has 0 saturated carbocycles. The number of nitrogens with two attached hydrogens (primary N) is 1. The van der Waals surface area contributed by atoms with Crippen molar-refractivity contribution in [3.8, 4) is 12.3 Å². The number of nitrogens with zero attached hydrogens (tertiary/aromatic N) is 1. The summed E-state index contributed by atoms with van der Waals surface area (Å²) in [6, 6.07) is 2.88. The molecular formula is C10H10BrFN2. The van der Waals surface area contributed by atoms with Gasteiger partial charge in [0.25, 0.3) is 0 Å². The van der Waals surface area contributed by atoms with Crippen LogP contribution in [0.3, 0.4) is 0 Å². The van der Waals surface area contributed by atoms with Gasteiger partial charge in [0.1, 0.15) is 5.82 Å². The fourth-order valence-corrected chi connectivity index (χ4v) is 1.47. The molecule has 2 N–H and O–H groups in total. The summed E-state index contributed by atoms with van der Waals surface area (Å²) in [4.78, 5) is 1.71. The van der Waals surface area contributed by atoms with Gasteiger partial charge in [-0.3, -0.25) is 0 Å². The molecule has 14 heavy (non-hydrogen) atoms. The number of anilines is 2. The highest BCUT2D eigenvalue weighted by atomic mass is 79.9. The second kappa shape index (κ2) is 4.34. The van der Waals surface area contributed by atoms with E-state index < -0.39 is 0 Å². The Morgan fingerprint density at radius 2 is 2.29 bits per heavy atom. The van der Waals surface area contributed by atoms with Crippen molar-refractivity contribution in [3.63, 3.8) is 0 Å². The zero-order valence-electron chi connectivity index (χ0n) is 7.72. The Labute approximate surface area is 91.0 Å². The first-order valence-corrected chi connectivity index (χ1v) is 4.74. The minimum atomic E-state index is -0.349. The number of halogens is 2. The third kappa shape index (κ3) is 2.18. The number of benzene rings is 1. The largest absolute Gasteiger partial charge is 0.397 e. The van der Waals surface area contributed by atoms with E-state index >= 15 is 0 Å². The van der Waals surface area contributed by atoms with E-state index in [2.05, 4.69) is 21.9 Å². The van der Waals surface area contributed by atoms with Gasteiger partial charge in [0, 0.05) is 13.1 Å². The van der Waals surface area contributed by atoms with Gasteiger partial charge >= 0.3 is 0 Å². The highest BCUT2D eigenvalue weighted by Crippen LogP contribution is 2.28. The molecule has 0 heterocycles. The average molecular weight is 257 g/mol. The van der Waals surface area contributed by atoms with E-state index in [0.717, 1.165) is 0 Å². The molecule has 0 saturated heterocycles. The van der Waals surface area contributed by atoms with Gasteiger partial charge in [0.15, 0.2) is 0 Å². The maximum absolute atomic E-state index is 13.2. The number of rotatable bonds is 2. The van der Waals surface area contributed by atoms with Crippen LogP contribution in [0.25, 0.3) is 0 Å². The highest BCUT2D eigenvalue weighted by Gasteiger charge is 2.08. The molecule has 1 aromatic carbocycles. The molecule has 2 nitrogen and oxygen atoms in total. The maximum Gasteiger partial charge on any atom is 0.139 e. The maximum atomic E-state index is 13.2. The van der Waals surface area contributed by atoms with Gasteiger partial charge < -0.3 is 10.6 Å². The molecule has 0 atom stereocenters. The second-order valence-corrected chi connectivity index (χ2v) is 3.74. The van der Waals surface area contributed by atoms with Crippen LogP contribution in [0, 0.1) is 18.2 Å². The number of nitrogen functional groups attached to an aromatic ring is 1. The monoisotopic (exact) mass is 256 g/mol. The first-order valence-electron chi connectivity index (χ1n) is 3.95. The lowest BCUT2D eigenvalue weighted by molar-refractivity contribution is 0.621. The summed E-state index contributed by atoms with van der Waals surface area (Å²) >= 11 is 3.05. The number of terminal acetylenes is 1. The zero-order chi connectivity index (χ0) is 10.7. The average Bonchev–Trinajstić information content (AvgIpc) is 2.11. The molecular weight excluding hydrogens is 247 g/mol. The summed E-state index contributed by atoms with van der Waals surface area (Å²) in [7, 11) is 1.76. The first-order chi connectivity index (χ1) is 6.56. The van der Waals surface area contributed by atoms with Crippen LogP contribution in [-0.4, -0.2) is 13.6 Å². The molecule has 0 amide bonds.